The van der Waals surface area contributed by atoms with Gasteiger partial charge in [0, 0.05) is 22.2 Å². The summed E-state index contributed by atoms with van der Waals surface area (Å²) in [5.41, 5.74) is -0.0933. The van der Waals surface area contributed by atoms with Gasteiger partial charge in [0.15, 0.2) is 5.96 Å². The second kappa shape index (κ2) is 10.4. The van der Waals surface area contributed by atoms with Gasteiger partial charge >= 0.3 is 0 Å². The number of nitrogens with zero attached hydrogens (tertiary/aromatic N) is 2. The van der Waals surface area contributed by atoms with E-state index in [1.807, 2.05) is 0 Å². The van der Waals surface area contributed by atoms with Gasteiger partial charge in [-0.05, 0) is 103 Å². The molecule has 0 aromatic heterocycles. The summed E-state index contributed by atoms with van der Waals surface area (Å²) in [7, 11) is 0. The maximum atomic E-state index is 10.1. The molecule has 0 aliphatic heterocycles. The molecule has 0 atom stereocenters. The van der Waals surface area contributed by atoms with E-state index in [0.29, 0.717) is 5.96 Å². The van der Waals surface area contributed by atoms with E-state index in [2.05, 4.69) is 148 Å². The van der Waals surface area contributed by atoms with Crippen LogP contribution in [0.2, 0.25) is 0 Å². The van der Waals surface area contributed by atoms with Gasteiger partial charge in [0.1, 0.15) is 0 Å². The Morgan fingerprint density at radius 1 is 0.361 bits per heavy atom. The van der Waals surface area contributed by atoms with Gasteiger partial charge < -0.3 is 9.80 Å². The van der Waals surface area contributed by atoms with Crippen molar-refractivity contribution in [2.24, 2.45) is 21.7 Å². The maximum Gasteiger partial charge on any atom is 0.195 e. The van der Waals surface area contributed by atoms with Gasteiger partial charge in [-0.3, -0.25) is 5.41 Å². The summed E-state index contributed by atoms with van der Waals surface area (Å²) in [6, 6.07) is 0. The molecule has 0 fully saturated rings. The van der Waals surface area contributed by atoms with Gasteiger partial charge in [-0.2, -0.15) is 0 Å². The van der Waals surface area contributed by atoms with Crippen LogP contribution in [0.4, 0.5) is 0 Å². The van der Waals surface area contributed by atoms with E-state index in [-0.39, 0.29) is 43.8 Å². The fourth-order valence-corrected chi connectivity index (χ4v) is 8.39. The molecule has 0 aliphatic carbocycles. The Morgan fingerprint density at radius 2 is 0.500 bits per heavy atom. The Kier molecular flexibility index (Phi) is 10.2. The summed E-state index contributed by atoms with van der Waals surface area (Å²) in [6.45, 7) is 46.9. The lowest BCUT2D eigenvalue weighted by molar-refractivity contribution is -0.0205. The molecular formula is C33H69N3. The van der Waals surface area contributed by atoms with Crippen LogP contribution in [-0.4, -0.2) is 37.9 Å². The standard InChI is InChI=1S/C33H69N3/c1-26(2,3)21-30(13,14)35(31(15,16)22-27(4,5)6)25(34)36(32(17,18)23-28(7,8)9)33(19,20)24-29(10,11)12/h34H,21-24H2,1-20H3. The summed E-state index contributed by atoms with van der Waals surface area (Å²) < 4.78 is 0. The molecule has 1 N–H and O–H groups in total. The molecule has 0 bridgehead atoms. The normalized spacial score (nSPS) is 15.2. The van der Waals surface area contributed by atoms with Crippen LogP contribution in [0.1, 0.15) is 164 Å². The third-order valence-corrected chi connectivity index (χ3v) is 6.70. The van der Waals surface area contributed by atoms with Gasteiger partial charge in [-0.1, -0.05) is 83.1 Å². The van der Waals surface area contributed by atoms with Gasteiger partial charge in [-0.15, -0.1) is 0 Å². The third kappa shape index (κ3) is 11.3. The van der Waals surface area contributed by atoms with Crippen molar-refractivity contribution < 1.29 is 0 Å². The minimum absolute atomic E-state index is 0.159. The average Bonchev–Trinajstić information content (AvgIpc) is 2.32. The zero-order valence-electron chi connectivity index (χ0n) is 28.7. The van der Waals surface area contributed by atoms with Crippen LogP contribution in [0.3, 0.4) is 0 Å². The molecule has 0 unspecified atom stereocenters. The molecule has 0 heterocycles. The number of guanidine groups is 1. The second-order valence-electron chi connectivity index (χ2n) is 19.2. The van der Waals surface area contributed by atoms with Crippen LogP contribution in [-0.2, 0) is 0 Å². The van der Waals surface area contributed by atoms with E-state index < -0.39 is 0 Å². The minimum atomic E-state index is -0.183. The van der Waals surface area contributed by atoms with Crippen LogP contribution in [0, 0.1) is 27.1 Å². The van der Waals surface area contributed by atoms with Crippen LogP contribution >= 0.6 is 0 Å². The highest BCUT2D eigenvalue weighted by Crippen LogP contribution is 2.45. The predicted molar refractivity (Wildman–Crippen MR) is 164 cm³/mol. The van der Waals surface area contributed by atoms with E-state index >= 15 is 0 Å². The van der Waals surface area contributed by atoms with Crippen molar-refractivity contribution in [2.75, 3.05) is 0 Å². The van der Waals surface area contributed by atoms with Gasteiger partial charge in [0.05, 0.1) is 0 Å². The maximum absolute atomic E-state index is 10.1. The number of rotatable bonds is 8. The Morgan fingerprint density at radius 3 is 0.611 bits per heavy atom. The highest BCUT2D eigenvalue weighted by atomic mass is 15.5. The third-order valence-electron chi connectivity index (χ3n) is 6.70. The van der Waals surface area contributed by atoms with E-state index in [1.165, 1.54) is 0 Å². The topological polar surface area (TPSA) is 30.3 Å². The smallest absolute Gasteiger partial charge is 0.195 e. The average molecular weight is 508 g/mol. The zero-order chi connectivity index (χ0) is 29.6. The second-order valence-corrected chi connectivity index (χ2v) is 19.2. The van der Waals surface area contributed by atoms with Crippen molar-refractivity contribution in [3.05, 3.63) is 0 Å². The molecule has 0 rings (SSSR count). The van der Waals surface area contributed by atoms with Crippen molar-refractivity contribution in [2.45, 2.75) is 186 Å². The first-order chi connectivity index (χ1) is 15.2. The molecule has 36 heavy (non-hydrogen) atoms. The summed E-state index contributed by atoms with van der Waals surface area (Å²) >= 11 is 0. The Labute approximate surface area is 229 Å². The van der Waals surface area contributed by atoms with Crippen molar-refractivity contribution in [1.29, 1.82) is 5.41 Å². The number of hydrogen-bond acceptors (Lipinski definition) is 1. The monoisotopic (exact) mass is 508 g/mol. The Hall–Kier alpha value is -0.730. The fraction of sp³-hybridized carbons (Fsp3) is 0.970. The first kappa shape index (κ1) is 35.3. The molecule has 0 aliphatic rings. The zero-order valence-corrected chi connectivity index (χ0v) is 28.7. The molecule has 0 saturated heterocycles. The largest absolute Gasteiger partial charge is 0.333 e. The Balaban J connectivity index is 7.23. The first-order valence-corrected chi connectivity index (χ1v) is 14.4. The molecule has 216 valence electrons. The molecule has 0 spiro atoms. The minimum Gasteiger partial charge on any atom is -0.333 e. The summed E-state index contributed by atoms with van der Waals surface area (Å²) in [5.74, 6) is 0.682. The molecule has 3 heteroatoms. The van der Waals surface area contributed by atoms with E-state index in [0.717, 1.165) is 25.7 Å². The van der Waals surface area contributed by atoms with E-state index in [9.17, 15) is 5.41 Å². The molecular weight excluding hydrogens is 438 g/mol. The molecule has 0 radical (unpaired) electrons. The van der Waals surface area contributed by atoms with E-state index in [1.54, 1.807) is 0 Å². The van der Waals surface area contributed by atoms with Crippen LogP contribution in [0.25, 0.3) is 0 Å². The number of hydrogen-bond donors (Lipinski definition) is 1. The fourth-order valence-electron chi connectivity index (χ4n) is 8.39. The molecule has 0 aromatic rings. The van der Waals surface area contributed by atoms with E-state index in [4.69, 9.17) is 0 Å². The van der Waals surface area contributed by atoms with Gasteiger partial charge in [0.25, 0.3) is 0 Å². The first-order valence-electron chi connectivity index (χ1n) is 14.4. The highest BCUT2D eigenvalue weighted by molar-refractivity contribution is 5.80. The summed E-state index contributed by atoms with van der Waals surface area (Å²) in [4.78, 5) is 5.01. The SMILES string of the molecule is CC(C)(C)CC(C)(C)N(C(=N)N(C(C)(C)CC(C)(C)C)C(C)(C)CC(C)(C)C)C(C)(C)CC(C)(C)C. The Bertz CT molecular complexity index is 607. The molecule has 3 nitrogen and oxygen atoms in total. The highest BCUT2D eigenvalue weighted by Gasteiger charge is 2.50. The predicted octanol–water partition coefficient (Wildman–Crippen LogP) is 10.4. The van der Waals surface area contributed by atoms with Crippen molar-refractivity contribution in [3.8, 4) is 0 Å². The van der Waals surface area contributed by atoms with Crippen molar-refractivity contribution in [3.63, 3.8) is 0 Å². The van der Waals surface area contributed by atoms with Crippen molar-refractivity contribution in [1.82, 2.24) is 9.80 Å². The molecule has 0 amide bonds. The lowest BCUT2D eigenvalue weighted by Crippen LogP contribution is -2.70. The van der Waals surface area contributed by atoms with Gasteiger partial charge in [-0.25, -0.2) is 0 Å². The lowest BCUT2D eigenvalue weighted by atomic mass is 9.73. The number of nitrogens with one attached hydrogen (secondary N) is 1. The summed E-state index contributed by atoms with van der Waals surface area (Å²) in [5, 5.41) is 10.1. The van der Waals surface area contributed by atoms with Crippen LogP contribution in [0.15, 0.2) is 0 Å². The van der Waals surface area contributed by atoms with Crippen LogP contribution in [0.5, 0.6) is 0 Å². The quantitative estimate of drug-likeness (QED) is 0.261. The molecule has 0 aromatic carbocycles. The molecule has 0 saturated carbocycles. The lowest BCUT2D eigenvalue weighted by Gasteiger charge is -2.61. The van der Waals surface area contributed by atoms with Crippen LogP contribution < -0.4 is 0 Å². The van der Waals surface area contributed by atoms with Crippen molar-refractivity contribution >= 4 is 5.96 Å². The summed E-state index contributed by atoms with van der Waals surface area (Å²) in [6.07, 6.45) is 4.07. The van der Waals surface area contributed by atoms with Gasteiger partial charge in [0.2, 0.25) is 0 Å².